The van der Waals surface area contributed by atoms with Gasteiger partial charge in [-0.15, -0.1) is 0 Å². The summed E-state index contributed by atoms with van der Waals surface area (Å²) in [6.07, 6.45) is 2.12. The highest BCUT2D eigenvalue weighted by Gasteiger charge is 2.22. The Morgan fingerprint density at radius 1 is 1.62 bits per heavy atom. The molecule has 0 bridgehead atoms. The predicted octanol–water partition coefficient (Wildman–Crippen LogP) is 0.869. The van der Waals surface area contributed by atoms with Crippen LogP contribution in [0.4, 0.5) is 0 Å². The number of nitrogens with zero attached hydrogens (tertiary/aromatic N) is 1. The summed E-state index contributed by atoms with van der Waals surface area (Å²) in [5, 5.41) is 3.38. The van der Waals surface area contributed by atoms with Crippen molar-refractivity contribution in [2.75, 3.05) is 33.3 Å². The van der Waals surface area contributed by atoms with E-state index in [1.165, 1.54) is 12.8 Å². The zero-order valence-corrected chi connectivity index (χ0v) is 10.7. The van der Waals surface area contributed by atoms with Crippen molar-refractivity contribution in [2.24, 2.45) is 5.92 Å². The van der Waals surface area contributed by atoms with Gasteiger partial charge < -0.3 is 15.0 Å². The molecule has 0 aromatic carbocycles. The molecule has 0 radical (unpaired) electrons. The van der Waals surface area contributed by atoms with Crippen LogP contribution in [0.2, 0.25) is 0 Å². The number of nitrogens with one attached hydrogen (secondary N) is 1. The summed E-state index contributed by atoms with van der Waals surface area (Å²) in [6, 6.07) is 0. The number of methoxy groups -OCH3 is 1. The molecule has 1 heterocycles. The molecular weight excluding hydrogens is 204 g/mol. The Bertz CT molecular complexity index is 215. The van der Waals surface area contributed by atoms with Crippen LogP contribution in [0.1, 0.15) is 26.7 Å². The van der Waals surface area contributed by atoms with Gasteiger partial charge in [0.05, 0.1) is 0 Å². The first-order valence-corrected chi connectivity index (χ1v) is 6.21. The van der Waals surface area contributed by atoms with Crippen LogP contribution in [-0.4, -0.2) is 50.2 Å². The van der Waals surface area contributed by atoms with Crippen LogP contribution in [-0.2, 0) is 9.53 Å². The monoisotopic (exact) mass is 228 g/mol. The molecule has 4 heteroatoms. The number of amides is 1. The van der Waals surface area contributed by atoms with Gasteiger partial charge in [0.1, 0.15) is 6.10 Å². The van der Waals surface area contributed by atoms with Crippen molar-refractivity contribution in [3.63, 3.8) is 0 Å². The molecule has 1 fully saturated rings. The molecule has 0 saturated carbocycles. The maximum atomic E-state index is 12.0. The molecule has 0 spiro atoms. The standard InChI is InChI=1S/C12H24N2O2/c1-4-14(12(15)10(2)16-3)9-11-6-5-7-13-8-11/h10-11,13H,4-9H2,1-3H3. The fourth-order valence-corrected chi connectivity index (χ4v) is 2.12. The molecule has 1 aliphatic heterocycles. The van der Waals surface area contributed by atoms with Crippen molar-refractivity contribution >= 4 is 5.91 Å². The van der Waals surface area contributed by atoms with Crippen LogP contribution in [0.25, 0.3) is 0 Å². The summed E-state index contributed by atoms with van der Waals surface area (Å²) >= 11 is 0. The fourth-order valence-electron chi connectivity index (χ4n) is 2.12. The van der Waals surface area contributed by atoms with Gasteiger partial charge in [-0.3, -0.25) is 4.79 Å². The first-order chi connectivity index (χ1) is 7.69. The van der Waals surface area contributed by atoms with Gasteiger partial charge >= 0.3 is 0 Å². The number of likely N-dealkylation sites (N-methyl/N-ethyl adjacent to an activating group) is 1. The van der Waals surface area contributed by atoms with E-state index in [0.29, 0.717) is 5.92 Å². The van der Waals surface area contributed by atoms with Crippen LogP contribution < -0.4 is 5.32 Å². The molecule has 1 saturated heterocycles. The number of ether oxygens (including phenoxy) is 1. The van der Waals surface area contributed by atoms with Gasteiger partial charge in [0.15, 0.2) is 0 Å². The number of carbonyl (C=O) groups excluding carboxylic acids is 1. The van der Waals surface area contributed by atoms with E-state index >= 15 is 0 Å². The van der Waals surface area contributed by atoms with Crippen LogP contribution in [0.5, 0.6) is 0 Å². The van der Waals surface area contributed by atoms with Gasteiger partial charge in [0.25, 0.3) is 5.91 Å². The lowest BCUT2D eigenvalue weighted by molar-refractivity contribution is -0.141. The Hall–Kier alpha value is -0.610. The lowest BCUT2D eigenvalue weighted by Crippen LogP contribution is -2.44. The lowest BCUT2D eigenvalue weighted by Gasteiger charge is -2.30. The molecule has 0 aromatic heterocycles. The van der Waals surface area contributed by atoms with E-state index in [9.17, 15) is 4.79 Å². The molecule has 94 valence electrons. The summed E-state index contributed by atoms with van der Waals surface area (Å²) in [6.45, 7) is 7.61. The number of piperidine rings is 1. The van der Waals surface area contributed by atoms with Crippen molar-refractivity contribution in [3.8, 4) is 0 Å². The molecule has 0 aromatic rings. The van der Waals surface area contributed by atoms with Crippen molar-refractivity contribution in [2.45, 2.75) is 32.8 Å². The topological polar surface area (TPSA) is 41.6 Å². The average molecular weight is 228 g/mol. The highest BCUT2D eigenvalue weighted by atomic mass is 16.5. The van der Waals surface area contributed by atoms with Gasteiger partial charge in [-0.05, 0) is 45.7 Å². The van der Waals surface area contributed by atoms with E-state index in [1.54, 1.807) is 7.11 Å². The Morgan fingerprint density at radius 2 is 2.38 bits per heavy atom. The summed E-state index contributed by atoms with van der Waals surface area (Å²) in [4.78, 5) is 13.9. The molecule has 2 unspecified atom stereocenters. The maximum absolute atomic E-state index is 12.0. The molecule has 1 amide bonds. The van der Waals surface area contributed by atoms with E-state index in [0.717, 1.165) is 26.2 Å². The highest BCUT2D eigenvalue weighted by molar-refractivity contribution is 5.80. The van der Waals surface area contributed by atoms with Crippen LogP contribution in [0, 0.1) is 5.92 Å². The number of carbonyl (C=O) groups is 1. The van der Waals surface area contributed by atoms with E-state index in [1.807, 2.05) is 18.7 Å². The second-order valence-electron chi connectivity index (χ2n) is 4.47. The minimum atomic E-state index is -0.323. The average Bonchev–Trinajstić information content (AvgIpc) is 2.35. The quantitative estimate of drug-likeness (QED) is 0.759. The first-order valence-electron chi connectivity index (χ1n) is 6.21. The van der Waals surface area contributed by atoms with E-state index in [4.69, 9.17) is 4.74 Å². The Balaban J connectivity index is 2.43. The van der Waals surface area contributed by atoms with Gasteiger partial charge in [-0.2, -0.15) is 0 Å². The van der Waals surface area contributed by atoms with Crippen LogP contribution in [0.15, 0.2) is 0 Å². The van der Waals surface area contributed by atoms with Crippen molar-refractivity contribution in [1.29, 1.82) is 0 Å². The zero-order chi connectivity index (χ0) is 12.0. The predicted molar refractivity (Wildman–Crippen MR) is 64.3 cm³/mol. The van der Waals surface area contributed by atoms with E-state index in [2.05, 4.69) is 5.32 Å². The van der Waals surface area contributed by atoms with Gasteiger partial charge in [0.2, 0.25) is 0 Å². The van der Waals surface area contributed by atoms with Crippen LogP contribution >= 0.6 is 0 Å². The molecule has 2 atom stereocenters. The largest absolute Gasteiger partial charge is 0.372 e. The molecule has 0 aliphatic carbocycles. The zero-order valence-electron chi connectivity index (χ0n) is 10.7. The molecule has 1 aliphatic rings. The summed E-state index contributed by atoms with van der Waals surface area (Å²) in [5.41, 5.74) is 0. The minimum Gasteiger partial charge on any atom is -0.372 e. The van der Waals surface area contributed by atoms with Crippen molar-refractivity contribution in [3.05, 3.63) is 0 Å². The second kappa shape index (κ2) is 6.86. The third kappa shape index (κ3) is 3.76. The van der Waals surface area contributed by atoms with Crippen LogP contribution in [0.3, 0.4) is 0 Å². The highest BCUT2D eigenvalue weighted by Crippen LogP contribution is 2.12. The van der Waals surface area contributed by atoms with Crippen molar-refractivity contribution in [1.82, 2.24) is 10.2 Å². The maximum Gasteiger partial charge on any atom is 0.251 e. The number of hydrogen-bond acceptors (Lipinski definition) is 3. The number of rotatable bonds is 5. The normalized spacial score (nSPS) is 22.8. The summed E-state index contributed by atoms with van der Waals surface area (Å²) in [7, 11) is 1.58. The van der Waals surface area contributed by atoms with Crippen molar-refractivity contribution < 1.29 is 9.53 Å². The summed E-state index contributed by atoms with van der Waals surface area (Å²) in [5.74, 6) is 0.706. The van der Waals surface area contributed by atoms with E-state index < -0.39 is 0 Å². The minimum absolute atomic E-state index is 0.107. The molecule has 1 N–H and O–H groups in total. The Morgan fingerprint density at radius 3 is 2.88 bits per heavy atom. The Labute approximate surface area is 98.3 Å². The molecule has 4 nitrogen and oxygen atoms in total. The molecule has 16 heavy (non-hydrogen) atoms. The van der Waals surface area contributed by atoms with E-state index in [-0.39, 0.29) is 12.0 Å². The smallest absolute Gasteiger partial charge is 0.251 e. The third-order valence-electron chi connectivity index (χ3n) is 3.27. The summed E-state index contributed by atoms with van der Waals surface area (Å²) < 4.78 is 5.08. The SMILES string of the molecule is CCN(CC1CCCNC1)C(=O)C(C)OC. The fraction of sp³-hybridized carbons (Fsp3) is 0.917. The number of hydrogen-bond donors (Lipinski definition) is 1. The Kier molecular flexibility index (Phi) is 5.77. The van der Waals surface area contributed by atoms with Gasteiger partial charge in [0, 0.05) is 20.2 Å². The molecular formula is C12H24N2O2. The lowest BCUT2D eigenvalue weighted by atomic mass is 9.99. The van der Waals surface area contributed by atoms with Gasteiger partial charge in [-0.1, -0.05) is 0 Å². The third-order valence-corrected chi connectivity index (χ3v) is 3.27. The first kappa shape index (κ1) is 13.5. The second-order valence-corrected chi connectivity index (χ2v) is 4.47. The molecule has 1 rings (SSSR count). The van der Waals surface area contributed by atoms with Gasteiger partial charge in [-0.25, -0.2) is 0 Å².